The first-order valence-corrected chi connectivity index (χ1v) is 9.22. The summed E-state index contributed by atoms with van der Waals surface area (Å²) in [5.74, 6) is 2.44. The second kappa shape index (κ2) is 7.60. The molecule has 0 atom stereocenters. The second-order valence-electron chi connectivity index (χ2n) is 6.74. The zero-order chi connectivity index (χ0) is 17.8. The second-order valence-corrected chi connectivity index (χ2v) is 6.74. The van der Waals surface area contributed by atoms with Crippen LogP contribution in [0.1, 0.15) is 31.2 Å². The van der Waals surface area contributed by atoms with E-state index in [-0.39, 0.29) is 0 Å². The molecule has 1 fully saturated rings. The van der Waals surface area contributed by atoms with E-state index >= 15 is 0 Å². The van der Waals surface area contributed by atoms with Crippen molar-refractivity contribution in [1.82, 2.24) is 9.97 Å². The van der Waals surface area contributed by atoms with Gasteiger partial charge in [0.05, 0.1) is 12.6 Å². The fourth-order valence-electron chi connectivity index (χ4n) is 3.45. The van der Waals surface area contributed by atoms with Gasteiger partial charge in [-0.1, -0.05) is 37.1 Å². The van der Waals surface area contributed by atoms with Crippen molar-refractivity contribution in [3.8, 4) is 5.75 Å². The maximum absolute atomic E-state index is 5.21. The molecule has 0 bridgehead atoms. The summed E-state index contributed by atoms with van der Waals surface area (Å²) < 4.78 is 5.21. The molecule has 0 amide bonds. The lowest BCUT2D eigenvalue weighted by molar-refractivity contribution is 0.414. The third-order valence-electron chi connectivity index (χ3n) is 4.91. The van der Waals surface area contributed by atoms with Gasteiger partial charge in [0, 0.05) is 18.0 Å². The van der Waals surface area contributed by atoms with Crippen molar-refractivity contribution in [2.45, 2.75) is 38.3 Å². The largest absolute Gasteiger partial charge is 0.497 e. The average molecular weight is 348 g/mol. The van der Waals surface area contributed by atoms with Crippen molar-refractivity contribution in [2.24, 2.45) is 0 Å². The van der Waals surface area contributed by atoms with Crippen molar-refractivity contribution in [1.29, 1.82) is 0 Å². The number of rotatable bonds is 6. The number of para-hydroxylation sites is 1. The third kappa shape index (κ3) is 3.72. The minimum absolute atomic E-state index is 0.516. The summed E-state index contributed by atoms with van der Waals surface area (Å²) in [6.45, 7) is 0.672. The standard InChI is InChI=1S/C21H24N4O/c1-26-17-12-10-15(11-13-17)14-22-21-24-19-9-5-4-8-18(19)20(25-21)23-16-6-2-3-7-16/h4-5,8-13,16H,2-3,6-7,14H2,1H3,(H2,22,23,24,25). The van der Waals surface area contributed by atoms with Crippen LogP contribution in [0.15, 0.2) is 48.5 Å². The van der Waals surface area contributed by atoms with Gasteiger partial charge in [-0.2, -0.15) is 4.98 Å². The molecule has 26 heavy (non-hydrogen) atoms. The van der Waals surface area contributed by atoms with Gasteiger partial charge in [-0.25, -0.2) is 4.98 Å². The van der Waals surface area contributed by atoms with Gasteiger partial charge in [-0.15, -0.1) is 0 Å². The number of nitrogens with one attached hydrogen (secondary N) is 2. The van der Waals surface area contributed by atoms with Crippen LogP contribution >= 0.6 is 0 Å². The molecular weight excluding hydrogens is 324 g/mol. The maximum Gasteiger partial charge on any atom is 0.225 e. The number of benzene rings is 2. The molecule has 3 aromatic rings. The average Bonchev–Trinajstić information content (AvgIpc) is 3.20. The number of ether oxygens (including phenoxy) is 1. The first kappa shape index (κ1) is 16.6. The minimum Gasteiger partial charge on any atom is -0.497 e. The van der Waals surface area contributed by atoms with Gasteiger partial charge in [0.1, 0.15) is 11.6 Å². The van der Waals surface area contributed by atoms with E-state index in [1.807, 2.05) is 42.5 Å². The number of nitrogens with zero attached hydrogens (tertiary/aromatic N) is 2. The fourth-order valence-corrected chi connectivity index (χ4v) is 3.45. The van der Waals surface area contributed by atoms with Crippen molar-refractivity contribution < 1.29 is 4.74 Å². The lowest BCUT2D eigenvalue weighted by atomic mass is 10.2. The van der Waals surface area contributed by atoms with E-state index in [1.54, 1.807) is 7.11 Å². The van der Waals surface area contributed by atoms with Crippen LogP contribution < -0.4 is 15.4 Å². The van der Waals surface area contributed by atoms with Crippen LogP contribution in [-0.4, -0.2) is 23.1 Å². The van der Waals surface area contributed by atoms with Crippen LogP contribution in [0.4, 0.5) is 11.8 Å². The molecule has 1 aliphatic carbocycles. The summed E-state index contributed by atoms with van der Waals surface area (Å²) in [4.78, 5) is 9.43. The summed E-state index contributed by atoms with van der Waals surface area (Å²) in [6, 6.07) is 16.7. The molecule has 0 radical (unpaired) electrons. The molecule has 1 aromatic heterocycles. The van der Waals surface area contributed by atoms with Crippen molar-refractivity contribution in [3.05, 3.63) is 54.1 Å². The van der Waals surface area contributed by atoms with E-state index < -0.39 is 0 Å². The Morgan fingerprint density at radius 3 is 2.54 bits per heavy atom. The Morgan fingerprint density at radius 2 is 1.77 bits per heavy atom. The monoisotopic (exact) mass is 348 g/mol. The van der Waals surface area contributed by atoms with Crippen LogP contribution in [0, 0.1) is 0 Å². The highest BCUT2D eigenvalue weighted by Gasteiger charge is 2.17. The normalized spacial score (nSPS) is 14.5. The molecule has 0 saturated heterocycles. The number of hydrogen-bond donors (Lipinski definition) is 2. The summed E-state index contributed by atoms with van der Waals surface area (Å²) in [7, 11) is 1.68. The topological polar surface area (TPSA) is 59.1 Å². The molecule has 0 aliphatic heterocycles. The molecule has 1 aliphatic rings. The Bertz CT molecular complexity index is 873. The Kier molecular flexibility index (Phi) is 4.86. The molecule has 2 aromatic carbocycles. The first-order chi connectivity index (χ1) is 12.8. The maximum atomic E-state index is 5.21. The zero-order valence-electron chi connectivity index (χ0n) is 15.0. The van der Waals surface area contributed by atoms with Crippen LogP contribution in [0.25, 0.3) is 10.9 Å². The van der Waals surface area contributed by atoms with E-state index in [9.17, 15) is 0 Å². The Morgan fingerprint density at radius 1 is 1.00 bits per heavy atom. The van der Waals surface area contributed by atoms with Gasteiger partial charge in [0.25, 0.3) is 0 Å². The molecule has 5 nitrogen and oxygen atoms in total. The first-order valence-electron chi connectivity index (χ1n) is 9.22. The van der Waals surface area contributed by atoms with E-state index in [1.165, 1.54) is 25.7 Å². The van der Waals surface area contributed by atoms with Gasteiger partial charge < -0.3 is 15.4 Å². The number of fused-ring (bicyclic) bond motifs is 1. The summed E-state index contributed by atoms with van der Waals surface area (Å²) in [5.41, 5.74) is 2.12. The van der Waals surface area contributed by atoms with E-state index in [4.69, 9.17) is 9.72 Å². The number of anilines is 2. The predicted octanol–water partition coefficient (Wildman–Crippen LogP) is 4.61. The Labute approximate surface area is 153 Å². The lowest BCUT2D eigenvalue weighted by Crippen LogP contribution is -2.17. The summed E-state index contributed by atoms with van der Waals surface area (Å²) in [5, 5.41) is 8.06. The van der Waals surface area contributed by atoms with Gasteiger partial charge in [-0.3, -0.25) is 0 Å². The molecule has 1 heterocycles. The van der Waals surface area contributed by atoms with Gasteiger partial charge >= 0.3 is 0 Å². The Balaban J connectivity index is 1.55. The Hall–Kier alpha value is -2.82. The van der Waals surface area contributed by atoms with Gasteiger partial charge in [-0.05, 0) is 42.7 Å². The van der Waals surface area contributed by atoms with Gasteiger partial charge in [0.2, 0.25) is 5.95 Å². The molecule has 0 spiro atoms. The number of aromatic nitrogens is 2. The van der Waals surface area contributed by atoms with Crippen LogP contribution in [-0.2, 0) is 6.54 Å². The molecule has 134 valence electrons. The summed E-state index contributed by atoms with van der Waals surface area (Å²) >= 11 is 0. The molecule has 2 N–H and O–H groups in total. The minimum atomic E-state index is 0.516. The fraction of sp³-hybridized carbons (Fsp3) is 0.333. The van der Waals surface area contributed by atoms with Crippen LogP contribution in [0.2, 0.25) is 0 Å². The quantitative estimate of drug-likeness (QED) is 0.681. The SMILES string of the molecule is COc1ccc(CNc2nc(NC3CCCC3)c3ccccc3n2)cc1. The zero-order valence-corrected chi connectivity index (χ0v) is 15.0. The van der Waals surface area contributed by atoms with Crippen LogP contribution in [0.5, 0.6) is 5.75 Å². The summed E-state index contributed by atoms with van der Waals surface area (Å²) in [6.07, 6.45) is 5.02. The van der Waals surface area contributed by atoms with Crippen molar-refractivity contribution >= 4 is 22.7 Å². The van der Waals surface area contributed by atoms with E-state index in [0.29, 0.717) is 18.5 Å². The highest BCUT2D eigenvalue weighted by atomic mass is 16.5. The molecule has 0 unspecified atom stereocenters. The number of hydrogen-bond acceptors (Lipinski definition) is 5. The van der Waals surface area contributed by atoms with Crippen molar-refractivity contribution in [2.75, 3.05) is 17.7 Å². The van der Waals surface area contributed by atoms with Crippen LogP contribution in [0.3, 0.4) is 0 Å². The molecule has 1 saturated carbocycles. The highest BCUT2D eigenvalue weighted by Crippen LogP contribution is 2.27. The predicted molar refractivity (Wildman–Crippen MR) is 106 cm³/mol. The third-order valence-corrected chi connectivity index (χ3v) is 4.91. The smallest absolute Gasteiger partial charge is 0.225 e. The lowest BCUT2D eigenvalue weighted by Gasteiger charge is -2.16. The van der Waals surface area contributed by atoms with Gasteiger partial charge in [0.15, 0.2) is 0 Å². The highest BCUT2D eigenvalue weighted by molar-refractivity contribution is 5.90. The molecule has 5 heteroatoms. The molecular formula is C21H24N4O. The van der Waals surface area contributed by atoms with E-state index in [0.717, 1.165) is 28.0 Å². The van der Waals surface area contributed by atoms with Crippen molar-refractivity contribution in [3.63, 3.8) is 0 Å². The molecule has 4 rings (SSSR count). The number of methoxy groups -OCH3 is 1. The van der Waals surface area contributed by atoms with E-state index in [2.05, 4.69) is 21.7 Å².